The number of hydrogen-bond acceptors (Lipinski definition) is 3. The molecular formula is C12H16ClN3O2. The van der Waals surface area contributed by atoms with E-state index in [1.807, 2.05) is 19.1 Å². The molecule has 18 heavy (non-hydrogen) atoms. The van der Waals surface area contributed by atoms with Gasteiger partial charge in [-0.15, -0.1) is 0 Å². The molecule has 4 N–H and O–H groups in total. The molecule has 0 radical (unpaired) electrons. The predicted octanol–water partition coefficient (Wildman–Crippen LogP) is 1.10. The zero-order valence-corrected chi connectivity index (χ0v) is 10.8. The van der Waals surface area contributed by atoms with Gasteiger partial charge in [-0.25, -0.2) is 4.79 Å². The Hall–Kier alpha value is -1.30. The Labute approximate surface area is 111 Å². The Bertz CT molecular complexity index is 433. The molecule has 1 aromatic carbocycles. The quantitative estimate of drug-likeness (QED) is 0.650. The Morgan fingerprint density at radius 3 is 2.89 bits per heavy atom. The highest BCUT2D eigenvalue weighted by atomic mass is 35.5. The van der Waals surface area contributed by atoms with Gasteiger partial charge in [0.25, 0.3) is 0 Å². The van der Waals surface area contributed by atoms with Crippen molar-refractivity contribution in [1.29, 1.82) is 0 Å². The van der Waals surface area contributed by atoms with Crippen LogP contribution < -0.4 is 16.0 Å². The van der Waals surface area contributed by atoms with Crippen LogP contribution in [0.25, 0.3) is 0 Å². The minimum absolute atomic E-state index is 0.271. The first kappa shape index (κ1) is 13.1. The molecule has 1 aliphatic rings. The standard InChI is InChI=1S/C12H16ClN3O2/c1-7-3-2-4-8(13)11(7)16-12(18)15-9-5-14-6-10(9)17/h2-4,9-10,14,17H,5-6H2,1H3,(H2,15,16,18)/t9-,10-/m1/s1. The third-order valence-corrected chi connectivity index (χ3v) is 3.27. The number of urea groups is 1. The van der Waals surface area contributed by atoms with Crippen LogP contribution in [0.5, 0.6) is 0 Å². The number of amides is 2. The second-order valence-electron chi connectivity index (χ2n) is 4.36. The lowest BCUT2D eigenvalue weighted by Gasteiger charge is -2.17. The van der Waals surface area contributed by atoms with Crippen LogP contribution in [-0.2, 0) is 0 Å². The van der Waals surface area contributed by atoms with Crippen molar-refractivity contribution >= 4 is 23.3 Å². The van der Waals surface area contributed by atoms with Gasteiger partial charge < -0.3 is 21.1 Å². The minimum atomic E-state index is -0.553. The summed E-state index contributed by atoms with van der Waals surface area (Å²) in [6.07, 6.45) is -0.553. The number of nitrogens with one attached hydrogen (secondary N) is 3. The molecule has 98 valence electrons. The van der Waals surface area contributed by atoms with Gasteiger partial charge in [0.05, 0.1) is 22.9 Å². The van der Waals surface area contributed by atoms with E-state index < -0.39 is 6.10 Å². The van der Waals surface area contributed by atoms with Gasteiger partial charge in [0, 0.05) is 13.1 Å². The lowest BCUT2D eigenvalue weighted by molar-refractivity contribution is 0.164. The molecule has 1 heterocycles. The molecule has 0 spiro atoms. The maximum atomic E-state index is 11.8. The number of carbonyl (C=O) groups excluding carboxylic acids is 1. The normalized spacial score (nSPS) is 22.8. The summed E-state index contributed by atoms with van der Waals surface area (Å²) in [7, 11) is 0. The predicted molar refractivity (Wildman–Crippen MR) is 71.0 cm³/mol. The second kappa shape index (κ2) is 5.56. The highest BCUT2D eigenvalue weighted by Gasteiger charge is 2.26. The number of β-amino-alcohol motifs (C(OH)–C–C–N with tert-alkyl or cyclic N) is 1. The van der Waals surface area contributed by atoms with Crippen LogP contribution in [0.15, 0.2) is 18.2 Å². The Balaban J connectivity index is 1.99. The SMILES string of the molecule is Cc1cccc(Cl)c1NC(=O)N[C@@H]1CNC[C@H]1O. The third-order valence-electron chi connectivity index (χ3n) is 2.96. The van der Waals surface area contributed by atoms with Gasteiger partial charge in [0.15, 0.2) is 0 Å². The molecule has 0 unspecified atom stereocenters. The zero-order chi connectivity index (χ0) is 13.1. The van der Waals surface area contributed by atoms with Crippen molar-refractivity contribution in [2.45, 2.75) is 19.1 Å². The van der Waals surface area contributed by atoms with E-state index in [0.29, 0.717) is 23.8 Å². The molecule has 1 aliphatic heterocycles. The van der Waals surface area contributed by atoms with E-state index in [9.17, 15) is 9.90 Å². The molecule has 1 fully saturated rings. The number of hydrogen-bond donors (Lipinski definition) is 4. The van der Waals surface area contributed by atoms with E-state index in [4.69, 9.17) is 11.6 Å². The first-order valence-electron chi connectivity index (χ1n) is 5.79. The number of aryl methyl sites for hydroxylation is 1. The summed E-state index contributed by atoms with van der Waals surface area (Å²) in [5.74, 6) is 0. The molecule has 0 aliphatic carbocycles. The van der Waals surface area contributed by atoms with Gasteiger partial charge >= 0.3 is 6.03 Å². The Kier molecular flexibility index (Phi) is 4.06. The highest BCUT2D eigenvalue weighted by molar-refractivity contribution is 6.33. The van der Waals surface area contributed by atoms with Crippen molar-refractivity contribution in [3.8, 4) is 0 Å². The molecule has 6 heteroatoms. The van der Waals surface area contributed by atoms with Crippen molar-refractivity contribution in [1.82, 2.24) is 10.6 Å². The third kappa shape index (κ3) is 2.93. The maximum absolute atomic E-state index is 11.8. The van der Waals surface area contributed by atoms with Crippen molar-refractivity contribution in [3.63, 3.8) is 0 Å². The molecule has 0 saturated carbocycles. The van der Waals surface area contributed by atoms with E-state index in [1.165, 1.54) is 0 Å². The van der Waals surface area contributed by atoms with Crippen LogP contribution in [0.1, 0.15) is 5.56 Å². The molecule has 5 nitrogen and oxygen atoms in total. The molecule has 0 bridgehead atoms. The summed E-state index contributed by atoms with van der Waals surface area (Å²) in [5, 5.41) is 18.5. The van der Waals surface area contributed by atoms with Crippen LogP contribution >= 0.6 is 11.6 Å². The summed E-state index contributed by atoms with van der Waals surface area (Å²) >= 11 is 6.01. The zero-order valence-electron chi connectivity index (χ0n) is 10.0. The van der Waals surface area contributed by atoms with Crippen molar-refractivity contribution in [2.75, 3.05) is 18.4 Å². The van der Waals surface area contributed by atoms with Crippen LogP contribution in [0.4, 0.5) is 10.5 Å². The summed E-state index contributed by atoms with van der Waals surface area (Å²) in [6, 6.07) is 4.78. The average Bonchev–Trinajstić information content (AvgIpc) is 2.70. The fourth-order valence-corrected chi connectivity index (χ4v) is 2.19. The van der Waals surface area contributed by atoms with E-state index in [1.54, 1.807) is 6.07 Å². The fraction of sp³-hybridized carbons (Fsp3) is 0.417. The summed E-state index contributed by atoms with van der Waals surface area (Å²) in [5.41, 5.74) is 1.49. The molecule has 1 aromatic rings. The van der Waals surface area contributed by atoms with Crippen LogP contribution in [-0.4, -0.2) is 36.4 Å². The Morgan fingerprint density at radius 1 is 1.50 bits per heavy atom. The number of rotatable bonds is 2. The second-order valence-corrected chi connectivity index (χ2v) is 4.77. The highest BCUT2D eigenvalue weighted by Crippen LogP contribution is 2.24. The number of benzene rings is 1. The van der Waals surface area contributed by atoms with Crippen LogP contribution in [0, 0.1) is 6.92 Å². The minimum Gasteiger partial charge on any atom is -0.390 e. The first-order chi connectivity index (χ1) is 8.58. The average molecular weight is 270 g/mol. The number of carbonyl (C=O) groups is 1. The molecule has 2 atom stereocenters. The lowest BCUT2D eigenvalue weighted by atomic mass is 10.2. The van der Waals surface area contributed by atoms with E-state index in [-0.39, 0.29) is 12.1 Å². The molecule has 0 aromatic heterocycles. The van der Waals surface area contributed by atoms with Crippen LogP contribution in [0.3, 0.4) is 0 Å². The summed E-state index contributed by atoms with van der Waals surface area (Å²) < 4.78 is 0. The number of anilines is 1. The van der Waals surface area contributed by atoms with Crippen LogP contribution in [0.2, 0.25) is 5.02 Å². The fourth-order valence-electron chi connectivity index (χ4n) is 1.92. The number of para-hydroxylation sites is 1. The summed E-state index contributed by atoms with van der Waals surface area (Å²) in [6.45, 7) is 2.93. The smallest absolute Gasteiger partial charge is 0.319 e. The van der Waals surface area contributed by atoms with Gasteiger partial charge in [-0.2, -0.15) is 0 Å². The topological polar surface area (TPSA) is 73.4 Å². The van der Waals surface area contributed by atoms with Crippen molar-refractivity contribution in [2.24, 2.45) is 0 Å². The summed E-state index contributed by atoms with van der Waals surface area (Å²) in [4.78, 5) is 11.8. The monoisotopic (exact) mass is 269 g/mol. The lowest BCUT2D eigenvalue weighted by Crippen LogP contribution is -2.44. The van der Waals surface area contributed by atoms with Gasteiger partial charge in [0.1, 0.15) is 0 Å². The number of aliphatic hydroxyl groups is 1. The van der Waals surface area contributed by atoms with Crippen molar-refractivity contribution in [3.05, 3.63) is 28.8 Å². The maximum Gasteiger partial charge on any atom is 0.319 e. The Morgan fingerprint density at radius 2 is 2.28 bits per heavy atom. The largest absolute Gasteiger partial charge is 0.390 e. The number of aliphatic hydroxyl groups excluding tert-OH is 1. The van der Waals surface area contributed by atoms with E-state index in [0.717, 1.165) is 5.56 Å². The molecule has 2 amide bonds. The molecule has 1 saturated heterocycles. The van der Waals surface area contributed by atoms with Gasteiger partial charge in [0.2, 0.25) is 0 Å². The van der Waals surface area contributed by atoms with Gasteiger partial charge in [-0.1, -0.05) is 23.7 Å². The van der Waals surface area contributed by atoms with E-state index >= 15 is 0 Å². The van der Waals surface area contributed by atoms with E-state index in [2.05, 4.69) is 16.0 Å². The van der Waals surface area contributed by atoms with Crippen molar-refractivity contribution < 1.29 is 9.90 Å². The molecular weight excluding hydrogens is 254 g/mol. The first-order valence-corrected chi connectivity index (χ1v) is 6.17. The van der Waals surface area contributed by atoms with Gasteiger partial charge in [-0.05, 0) is 18.6 Å². The molecule has 2 rings (SSSR count). The number of halogens is 1. The van der Waals surface area contributed by atoms with Gasteiger partial charge in [-0.3, -0.25) is 0 Å².